The van der Waals surface area contributed by atoms with E-state index in [-0.39, 0.29) is 24.3 Å². The van der Waals surface area contributed by atoms with Crippen molar-refractivity contribution in [1.82, 2.24) is 0 Å². The smallest absolute Gasteiger partial charge is 0.336 e. The Bertz CT molecular complexity index is 970. The van der Waals surface area contributed by atoms with Crippen molar-refractivity contribution < 1.29 is 28.2 Å². The van der Waals surface area contributed by atoms with Gasteiger partial charge in [-0.05, 0) is 26.0 Å². The van der Waals surface area contributed by atoms with Crippen LogP contribution in [0, 0.1) is 5.92 Å². The van der Waals surface area contributed by atoms with Crippen LogP contribution in [0.2, 0.25) is 0 Å². The quantitative estimate of drug-likeness (QED) is 0.571. The summed E-state index contributed by atoms with van der Waals surface area (Å²) in [6, 6.07) is 6.33. The van der Waals surface area contributed by atoms with Crippen LogP contribution in [-0.2, 0) is 19.1 Å². The third-order valence-corrected chi connectivity index (χ3v) is 4.65. The number of hydrogen-bond acceptors (Lipinski definition) is 7. The maximum Gasteiger partial charge on any atom is 0.336 e. The standard InChI is InChI=1S/C21H24O7/c1-6-16(22)28-21(4,5)19-18(27-20(24)11(2)3)13-9-12-7-8-17(23)25-14(12)10-15(13)26-19/h7-11,18-19H,6H2,1-5H3. The normalized spacial score (nSPS) is 18.6. The molecule has 0 saturated heterocycles. The predicted octanol–water partition coefficient (Wildman–Crippen LogP) is 3.53. The molecule has 28 heavy (non-hydrogen) atoms. The minimum atomic E-state index is -1.05. The Morgan fingerprint density at radius 2 is 1.93 bits per heavy atom. The lowest BCUT2D eigenvalue weighted by atomic mass is 9.93. The highest BCUT2D eigenvalue weighted by atomic mass is 16.6. The molecule has 0 radical (unpaired) electrons. The molecule has 1 aliphatic rings. The van der Waals surface area contributed by atoms with Gasteiger partial charge in [-0.15, -0.1) is 0 Å². The maximum absolute atomic E-state index is 12.3. The van der Waals surface area contributed by atoms with E-state index < -0.39 is 23.4 Å². The summed E-state index contributed by atoms with van der Waals surface area (Å²) in [5.41, 5.74) is -0.520. The molecule has 1 aliphatic heterocycles. The van der Waals surface area contributed by atoms with Crippen LogP contribution in [0.3, 0.4) is 0 Å². The summed E-state index contributed by atoms with van der Waals surface area (Å²) in [5.74, 6) is -0.670. The van der Waals surface area contributed by atoms with Gasteiger partial charge in [-0.25, -0.2) is 4.79 Å². The first kappa shape index (κ1) is 19.9. The molecule has 0 bridgehead atoms. The number of carbonyl (C=O) groups is 2. The zero-order valence-electron chi connectivity index (χ0n) is 16.6. The second-order valence-corrected chi connectivity index (χ2v) is 7.66. The summed E-state index contributed by atoms with van der Waals surface area (Å²) in [4.78, 5) is 35.7. The number of benzene rings is 1. The molecule has 1 aromatic heterocycles. The number of carbonyl (C=O) groups excluding carboxylic acids is 2. The molecule has 2 heterocycles. The van der Waals surface area contributed by atoms with Gasteiger partial charge in [0.1, 0.15) is 16.9 Å². The van der Waals surface area contributed by atoms with Gasteiger partial charge >= 0.3 is 17.6 Å². The van der Waals surface area contributed by atoms with Crippen molar-refractivity contribution in [1.29, 1.82) is 0 Å². The predicted molar refractivity (Wildman–Crippen MR) is 101 cm³/mol. The molecule has 7 nitrogen and oxygen atoms in total. The lowest BCUT2D eigenvalue weighted by molar-refractivity contribution is -0.178. The third-order valence-electron chi connectivity index (χ3n) is 4.65. The first-order chi connectivity index (χ1) is 13.1. The molecular weight excluding hydrogens is 364 g/mol. The topological polar surface area (TPSA) is 92.0 Å². The molecule has 0 aliphatic carbocycles. The molecule has 0 spiro atoms. The average Bonchev–Trinajstić information content (AvgIpc) is 2.97. The Labute approximate surface area is 162 Å². The van der Waals surface area contributed by atoms with E-state index in [0.29, 0.717) is 22.3 Å². The molecule has 3 rings (SSSR count). The molecule has 150 valence electrons. The first-order valence-corrected chi connectivity index (χ1v) is 9.29. The van der Waals surface area contributed by atoms with Crippen molar-refractivity contribution in [2.45, 2.75) is 58.8 Å². The number of fused-ring (bicyclic) bond motifs is 2. The van der Waals surface area contributed by atoms with Crippen molar-refractivity contribution in [3.05, 3.63) is 40.2 Å². The fourth-order valence-corrected chi connectivity index (χ4v) is 3.12. The van der Waals surface area contributed by atoms with Gasteiger partial charge in [-0.3, -0.25) is 9.59 Å². The van der Waals surface area contributed by atoms with E-state index in [9.17, 15) is 14.4 Å². The minimum absolute atomic E-state index is 0.217. The zero-order chi connectivity index (χ0) is 20.6. The highest BCUT2D eigenvalue weighted by Gasteiger charge is 2.49. The molecule has 2 atom stereocenters. The van der Waals surface area contributed by atoms with Gasteiger partial charge in [-0.2, -0.15) is 0 Å². The summed E-state index contributed by atoms with van der Waals surface area (Å²) in [7, 11) is 0. The molecule has 0 saturated carbocycles. The molecule has 2 aromatic rings. The molecule has 7 heteroatoms. The van der Waals surface area contributed by atoms with E-state index in [2.05, 4.69) is 0 Å². The number of ether oxygens (including phenoxy) is 3. The summed E-state index contributed by atoms with van der Waals surface area (Å²) in [5, 5.41) is 0.677. The fourth-order valence-electron chi connectivity index (χ4n) is 3.12. The SMILES string of the molecule is CCC(=O)OC(C)(C)C1Oc2cc3oc(=O)ccc3cc2C1OC(=O)C(C)C. The van der Waals surface area contributed by atoms with Gasteiger partial charge in [0.15, 0.2) is 12.2 Å². The number of hydrogen-bond donors (Lipinski definition) is 0. The largest absolute Gasteiger partial charge is 0.481 e. The van der Waals surface area contributed by atoms with Gasteiger partial charge < -0.3 is 18.6 Å². The molecule has 2 unspecified atom stereocenters. The lowest BCUT2D eigenvalue weighted by Crippen LogP contribution is -2.46. The molecular formula is C21H24O7. The van der Waals surface area contributed by atoms with Crippen molar-refractivity contribution in [2.75, 3.05) is 0 Å². The van der Waals surface area contributed by atoms with Gasteiger partial charge in [0.05, 0.1) is 5.92 Å². The van der Waals surface area contributed by atoms with Gasteiger partial charge in [0, 0.05) is 29.5 Å². The van der Waals surface area contributed by atoms with E-state index in [1.165, 1.54) is 6.07 Å². The number of rotatable bonds is 5. The van der Waals surface area contributed by atoms with E-state index in [1.807, 2.05) is 0 Å². The van der Waals surface area contributed by atoms with Crippen LogP contribution in [0.25, 0.3) is 11.0 Å². The summed E-state index contributed by atoms with van der Waals surface area (Å²) in [6.07, 6.45) is -1.29. The monoisotopic (exact) mass is 388 g/mol. The highest BCUT2D eigenvalue weighted by molar-refractivity contribution is 5.80. The second-order valence-electron chi connectivity index (χ2n) is 7.66. The van der Waals surface area contributed by atoms with Gasteiger partial charge in [0.25, 0.3) is 0 Å². The molecule has 1 aromatic carbocycles. The van der Waals surface area contributed by atoms with Crippen LogP contribution < -0.4 is 10.4 Å². The molecule has 0 amide bonds. The van der Waals surface area contributed by atoms with Crippen molar-refractivity contribution in [3.63, 3.8) is 0 Å². The minimum Gasteiger partial charge on any atom is -0.481 e. The van der Waals surface area contributed by atoms with Crippen molar-refractivity contribution in [2.24, 2.45) is 5.92 Å². The highest BCUT2D eigenvalue weighted by Crippen LogP contribution is 2.45. The Hall–Kier alpha value is -2.83. The lowest BCUT2D eigenvalue weighted by Gasteiger charge is -2.33. The Balaban J connectivity index is 2.06. The molecule has 0 N–H and O–H groups in total. The van der Waals surface area contributed by atoms with E-state index in [4.69, 9.17) is 18.6 Å². The van der Waals surface area contributed by atoms with Crippen LogP contribution in [0.5, 0.6) is 5.75 Å². The fraction of sp³-hybridized carbons (Fsp3) is 0.476. The van der Waals surface area contributed by atoms with Crippen LogP contribution in [-0.4, -0.2) is 23.6 Å². The van der Waals surface area contributed by atoms with E-state index >= 15 is 0 Å². The van der Waals surface area contributed by atoms with Crippen LogP contribution >= 0.6 is 0 Å². The Morgan fingerprint density at radius 3 is 2.57 bits per heavy atom. The summed E-state index contributed by atoms with van der Waals surface area (Å²) in [6.45, 7) is 8.62. The van der Waals surface area contributed by atoms with Crippen LogP contribution in [0.4, 0.5) is 0 Å². The summed E-state index contributed by atoms with van der Waals surface area (Å²) >= 11 is 0. The second kappa shape index (κ2) is 7.30. The van der Waals surface area contributed by atoms with Crippen LogP contribution in [0.15, 0.2) is 33.5 Å². The van der Waals surface area contributed by atoms with Crippen LogP contribution in [0.1, 0.15) is 52.7 Å². The van der Waals surface area contributed by atoms with Crippen molar-refractivity contribution >= 4 is 22.9 Å². The number of esters is 2. The van der Waals surface area contributed by atoms with Crippen molar-refractivity contribution in [3.8, 4) is 5.75 Å². The molecule has 0 fully saturated rings. The first-order valence-electron chi connectivity index (χ1n) is 9.29. The van der Waals surface area contributed by atoms with Gasteiger partial charge in [0.2, 0.25) is 0 Å². The Morgan fingerprint density at radius 1 is 1.21 bits per heavy atom. The van der Waals surface area contributed by atoms with Gasteiger partial charge in [-0.1, -0.05) is 20.8 Å². The van der Waals surface area contributed by atoms with E-state index in [1.54, 1.807) is 52.8 Å². The van der Waals surface area contributed by atoms with E-state index in [0.717, 1.165) is 0 Å². The Kier molecular flexibility index (Phi) is 5.19. The average molecular weight is 388 g/mol. The maximum atomic E-state index is 12.3. The summed E-state index contributed by atoms with van der Waals surface area (Å²) < 4.78 is 22.6. The third kappa shape index (κ3) is 3.74. The zero-order valence-corrected chi connectivity index (χ0v) is 16.6.